The number of hydrogen-bond donors (Lipinski definition) is 1. The molecule has 0 atom stereocenters. The summed E-state index contributed by atoms with van der Waals surface area (Å²) in [4.78, 5) is 0. The minimum absolute atomic E-state index is 0.565. The number of nitrogens with one attached hydrogen (secondary N) is 1. The number of rotatable bonds is 4. The van der Waals surface area contributed by atoms with E-state index < -0.39 is 0 Å². The van der Waals surface area contributed by atoms with Crippen LogP contribution in [-0.2, 0) is 0 Å². The predicted molar refractivity (Wildman–Crippen MR) is 91.3 cm³/mol. The number of aryl methyl sites for hydroxylation is 1. The summed E-state index contributed by atoms with van der Waals surface area (Å²) in [6, 6.07) is 15.4. The standard InChI is InChI=1S/C18H20BrNO/c1-12-9-14(7-8-18(12)21-2)20-15-10-13(11-15)16-5-3-4-6-17(16)19/h3-9,13,15,20H,10-11H2,1-2H3. The third-order valence-corrected chi connectivity index (χ3v) is 4.97. The molecule has 0 aromatic heterocycles. The quantitative estimate of drug-likeness (QED) is 0.829. The van der Waals surface area contributed by atoms with Crippen LogP contribution in [0.1, 0.15) is 29.9 Å². The lowest BCUT2D eigenvalue weighted by molar-refractivity contribution is 0.373. The van der Waals surface area contributed by atoms with E-state index in [4.69, 9.17) is 4.74 Å². The summed E-state index contributed by atoms with van der Waals surface area (Å²) in [5, 5.41) is 3.62. The Hall–Kier alpha value is -1.48. The van der Waals surface area contributed by atoms with Crippen molar-refractivity contribution in [3.63, 3.8) is 0 Å². The fourth-order valence-corrected chi connectivity index (χ4v) is 3.61. The lowest BCUT2D eigenvalue weighted by Gasteiger charge is -2.37. The van der Waals surface area contributed by atoms with Crippen molar-refractivity contribution in [2.24, 2.45) is 0 Å². The van der Waals surface area contributed by atoms with Crippen molar-refractivity contribution in [2.75, 3.05) is 12.4 Å². The van der Waals surface area contributed by atoms with E-state index in [9.17, 15) is 0 Å². The summed E-state index contributed by atoms with van der Waals surface area (Å²) in [5.41, 5.74) is 3.79. The van der Waals surface area contributed by atoms with E-state index in [1.54, 1.807) is 7.11 Å². The van der Waals surface area contributed by atoms with E-state index in [-0.39, 0.29) is 0 Å². The molecule has 0 bridgehead atoms. The molecule has 0 spiro atoms. The molecular formula is C18H20BrNO. The maximum Gasteiger partial charge on any atom is 0.121 e. The van der Waals surface area contributed by atoms with Crippen LogP contribution in [-0.4, -0.2) is 13.2 Å². The molecule has 2 aromatic carbocycles. The van der Waals surface area contributed by atoms with Crippen LogP contribution in [0.25, 0.3) is 0 Å². The molecule has 0 radical (unpaired) electrons. The fraction of sp³-hybridized carbons (Fsp3) is 0.333. The monoisotopic (exact) mass is 345 g/mol. The zero-order valence-corrected chi connectivity index (χ0v) is 14.0. The van der Waals surface area contributed by atoms with Crippen LogP contribution < -0.4 is 10.1 Å². The van der Waals surface area contributed by atoms with E-state index in [0.717, 1.165) is 5.75 Å². The average Bonchev–Trinajstić information content (AvgIpc) is 2.44. The third-order valence-electron chi connectivity index (χ3n) is 4.25. The molecule has 1 aliphatic carbocycles. The molecule has 21 heavy (non-hydrogen) atoms. The molecule has 0 unspecified atom stereocenters. The predicted octanol–water partition coefficient (Wildman–Crippen LogP) is 5.12. The fourth-order valence-electron chi connectivity index (χ4n) is 3.00. The molecule has 0 amide bonds. The molecule has 2 aromatic rings. The second-order valence-corrected chi connectivity index (χ2v) is 6.57. The molecule has 0 heterocycles. The molecule has 1 saturated carbocycles. The van der Waals surface area contributed by atoms with Gasteiger partial charge in [-0.25, -0.2) is 0 Å². The van der Waals surface area contributed by atoms with Gasteiger partial charge in [-0.1, -0.05) is 34.1 Å². The Morgan fingerprint density at radius 2 is 1.90 bits per heavy atom. The van der Waals surface area contributed by atoms with Crippen LogP contribution in [0.5, 0.6) is 5.75 Å². The van der Waals surface area contributed by atoms with E-state index in [1.807, 2.05) is 6.07 Å². The Morgan fingerprint density at radius 1 is 1.14 bits per heavy atom. The third kappa shape index (κ3) is 3.08. The van der Waals surface area contributed by atoms with Crippen molar-refractivity contribution in [2.45, 2.75) is 31.7 Å². The molecule has 0 saturated heterocycles. The van der Waals surface area contributed by atoms with Gasteiger partial charge in [0.25, 0.3) is 0 Å². The highest BCUT2D eigenvalue weighted by Crippen LogP contribution is 2.41. The molecule has 0 aliphatic heterocycles. The van der Waals surface area contributed by atoms with Crippen molar-refractivity contribution >= 4 is 21.6 Å². The molecule has 1 aliphatic rings. The van der Waals surface area contributed by atoms with Crippen LogP contribution in [0.4, 0.5) is 5.69 Å². The molecule has 3 heteroatoms. The summed E-state index contributed by atoms with van der Waals surface area (Å²) < 4.78 is 6.53. The van der Waals surface area contributed by atoms with Gasteiger partial charge in [-0.3, -0.25) is 0 Å². The van der Waals surface area contributed by atoms with Gasteiger partial charge in [-0.2, -0.15) is 0 Å². The smallest absolute Gasteiger partial charge is 0.121 e. The summed E-state index contributed by atoms with van der Waals surface area (Å²) in [6.45, 7) is 2.08. The summed E-state index contributed by atoms with van der Waals surface area (Å²) in [7, 11) is 1.71. The summed E-state index contributed by atoms with van der Waals surface area (Å²) in [6.07, 6.45) is 2.38. The Bertz CT molecular complexity index is 635. The molecule has 3 rings (SSSR count). The minimum atomic E-state index is 0.565. The number of halogens is 1. The van der Waals surface area contributed by atoms with Crippen molar-refractivity contribution in [3.05, 3.63) is 58.1 Å². The first kappa shape index (κ1) is 14.5. The first-order valence-corrected chi connectivity index (χ1v) is 8.12. The van der Waals surface area contributed by atoms with Crippen molar-refractivity contribution in [3.8, 4) is 5.75 Å². The maximum atomic E-state index is 5.30. The minimum Gasteiger partial charge on any atom is -0.496 e. The first-order valence-electron chi connectivity index (χ1n) is 7.33. The van der Waals surface area contributed by atoms with Crippen molar-refractivity contribution in [1.29, 1.82) is 0 Å². The zero-order chi connectivity index (χ0) is 14.8. The highest BCUT2D eigenvalue weighted by Gasteiger charge is 2.31. The van der Waals surface area contributed by atoms with Gasteiger partial charge >= 0.3 is 0 Å². The Kier molecular flexibility index (Phi) is 4.20. The summed E-state index contributed by atoms with van der Waals surface area (Å²) >= 11 is 3.65. The molecule has 110 valence electrons. The normalized spacial score (nSPS) is 20.7. The van der Waals surface area contributed by atoms with Gasteiger partial charge < -0.3 is 10.1 Å². The second kappa shape index (κ2) is 6.10. The van der Waals surface area contributed by atoms with Gasteiger partial charge in [0.15, 0.2) is 0 Å². The van der Waals surface area contributed by atoms with Gasteiger partial charge in [0, 0.05) is 16.2 Å². The summed E-state index contributed by atoms with van der Waals surface area (Å²) in [5.74, 6) is 1.61. The molecule has 1 N–H and O–H groups in total. The van der Waals surface area contributed by atoms with Gasteiger partial charge in [-0.15, -0.1) is 0 Å². The highest BCUT2D eigenvalue weighted by atomic mass is 79.9. The van der Waals surface area contributed by atoms with E-state index in [0.29, 0.717) is 12.0 Å². The van der Waals surface area contributed by atoms with Crippen molar-refractivity contribution < 1.29 is 4.74 Å². The first-order chi connectivity index (χ1) is 10.2. The number of methoxy groups -OCH3 is 1. The van der Waals surface area contributed by atoms with Gasteiger partial charge in [0.2, 0.25) is 0 Å². The Balaban J connectivity index is 1.60. The lowest BCUT2D eigenvalue weighted by Crippen LogP contribution is -2.34. The van der Waals surface area contributed by atoms with Crippen LogP contribution in [0.15, 0.2) is 46.9 Å². The second-order valence-electron chi connectivity index (χ2n) is 5.72. The van der Waals surface area contributed by atoms with E-state index in [1.165, 1.54) is 34.1 Å². The zero-order valence-electron chi connectivity index (χ0n) is 12.4. The van der Waals surface area contributed by atoms with Crippen LogP contribution in [0.2, 0.25) is 0 Å². The van der Waals surface area contributed by atoms with Crippen LogP contribution >= 0.6 is 15.9 Å². The van der Waals surface area contributed by atoms with Gasteiger partial charge in [-0.05, 0) is 61.1 Å². The highest BCUT2D eigenvalue weighted by molar-refractivity contribution is 9.10. The number of ether oxygens (including phenoxy) is 1. The van der Waals surface area contributed by atoms with Crippen LogP contribution in [0, 0.1) is 6.92 Å². The van der Waals surface area contributed by atoms with E-state index in [2.05, 4.69) is 64.6 Å². The SMILES string of the molecule is COc1ccc(NC2CC(c3ccccc3Br)C2)cc1C. The molecule has 1 fully saturated rings. The van der Waals surface area contributed by atoms with Crippen LogP contribution in [0.3, 0.4) is 0 Å². The van der Waals surface area contributed by atoms with Gasteiger partial charge in [0.1, 0.15) is 5.75 Å². The maximum absolute atomic E-state index is 5.30. The largest absolute Gasteiger partial charge is 0.496 e. The van der Waals surface area contributed by atoms with Gasteiger partial charge in [0.05, 0.1) is 7.11 Å². The molecule has 2 nitrogen and oxygen atoms in total. The van der Waals surface area contributed by atoms with E-state index >= 15 is 0 Å². The molecular weight excluding hydrogens is 326 g/mol. The topological polar surface area (TPSA) is 21.3 Å². The van der Waals surface area contributed by atoms with Crippen molar-refractivity contribution in [1.82, 2.24) is 0 Å². The number of hydrogen-bond acceptors (Lipinski definition) is 2. The average molecular weight is 346 g/mol. The number of anilines is 1. The Labute approximate surface area is 134 Å². The Morgan fingerprint density at radius 3 is 2.57 bits per heavy atom. The number of benzene rings is 2. The lowest BCUT2D eigenvalue weighted by atomic mass is 9.76.